The Bertz CT molecular complexity index is 411. The van der Waals surface area contributed by atoms with Gasteiger partial charge in [-0.15, -0.1) is 0 Å². The Labute approximate surface area is 121 Å². The van der Waals surface area contributed by atoms with Crippen molar-refractivity contribution in [3.8, 4) is 0 Å². The summed E-state index contributed by atoms with van der Waals surface area (Å²) in [5.41, 5.74) is 0. The first-order chi connectivity index (χ1) is 9.41. The number of carbonyl (C=O) groups excluding carboxylic acids is 1. The van der Waals surface area contributed by atoms with E-state index in [4.69, 9.17) is 0 Å². The molecule has 1 aliphatic heterocycles. The van der Waals surface area contributed by atoms with Gasteiger partial charge in [-0.25, -0.2) is 13.1 Å². The topological polar surface area (TPSA) is 86.7 Å². The molecule has 0 aromatic rings. The van der Waals surface area contributed by atoms with E-state index in [1.54, 1.807) is 18.7 Å². The fraction of sp³-hybridized carbons (Fsp3) is 0.923. The summed E-state index contributed by atoms with van der Waals surface area (Å²) < 4.78 is 25.9. The molecule has 1 fully saturated rings. The lowest BCUT2D eigenvalue weighted by atomic mass is 10.1. The second-order valence-electron chi connectivity index (χ2n) is 5.38. The van der Waals surface area contributed by atoms with Crippen molar-refractivity contribution in [3.63, 3.8) is 0 Å². The third kappa shape index (κ3) is 5.03. The van der Waals surface area contributed by atoms with E-state index in [0.717, 1.165) is 25.7 Å². The summed E-state index contributed by atoms with van der Waals surface area (Å²) in [6.07, 6.45) is 4.22. The number of likely N-dealkylation sites (tertiary alicyclic amines) is 1. The van der Waals surface area contributed by atoms with E-state index in [2.05, 4.69) is 4.72 Å². The van der Waals surface area contributed by atoms with Gasteiger partial charge in [0.15, 0.2) is 0 Å². The summed E-state index contributed by atoms with van der Waals surface area (Å²) in [4.78, 5) is 14.0. The molecule has 2 atom stereocenters. The third-order valence-electron chi connectivity index (χ3n) is 3.57. The predicted octanol–water partition coefficient (Wildman–Crippen LogP) is 0.468. The average molecular weight is 306 g/mol. The van der Waals surface area contributed by atoms with Gasteiger partial charge in [0.1, 0.15) is 0 Å². The monoisotopic (exact) mass is 306 g/mol. The number of aliphatic hydroxyl groups is 1. The highest BCUT2D eigenvalue weighted by Gasteiger charge is 2.29. The van der Waals surface area contributed by atoms with Crippen LogP contribution in [-0.4, -0.2) is 55.3 Å². The van der Waals surface area contributed by atoms with Crippen molar-refractivity contribution in [2.24, 2.45) is 0 Å². The summed E-state index contributed by atoms with van der Waals surface area (Å²) in [7, 11) is -3.41. The quantitative estimate of drug-likeness (QED) is 0.747. The average Bonchev–Trinajstić information content (AvgIpc) is 2.61. The van der Waals surface area contributed by atoms with Crippen LogP contribution in [-0.2, 0) is 14.8 Å². The van der Waals surface area contributed by atoms with Gasteiger partial charge >= 0.3 is 0 Å². The van der Waals surface area contributed by atoms with Crippen LogP contribution in [0.1, 0.15) is 46.0 Å². The first-order valence-corrected chi connectivity index (χ1v) is 8.98. The fourth-order valence-corrected chi connectivity index (χ4v) is 3.85. The maximum absolute atomic E-state index is 12.4. The summed E-state index contributed by atoms with van der Waals surface area (Å²) >= 11 is 0. The van der Waals surface area contributed by atoms with Gasteiger partial charge in [-0.1, -0.05) is 19.8 Å². The number of amides is 1. The Balaban J connectivity index is 2.71. The second-order valence-corrected chi connectivity index (χ2v) is 7.25. The number of hydrogen-bond acceptors (Lipinski definition) is 4. The largest absolute Gasteiger partial charge is 0.394 e. The first-order valence-electron chi connectivity index (χ1n) is 7.32. The number of nitrogens with zero attached hydrogens (tertiary/aromatic N) is 1. The molecular weight excluding hydrogens is 280 g/mol. The highest BCUT2D eigenvalue weighted by molar-refractivity contribution is 7.89. The SMILES string of the molecule is CCCS(=O)(=O)NC(C)C(=O)N1CCCCCC1CO. The van der Waals surface area contributed by atoms with E-state index >= 15 is 0 Å². The minimum absolute atomic E-state index is 0.0219. The Hall–Kier alpha value is -0.660. The molecule has 0 bridgehead atoms. The van der Waals surface area contributed by atoms with Crippen LogP contribution in [0.2, 0.25) is 0 Å². The summed E-state index contributed by atoms with van der Waals surface area (Å²) in [5, 5.41) is 9.40. The zero-order chi connectivity index (χ0) is 15.2. The molecular formula is C13H26N2O4S. The molecule has 1 heterocycles. The molecule has 1 amide bonds. The maximum Gasteiger partial charge on any atom is 0.240 e. The highest BCUT2D eigenvalue weighted by Crippen LogP contribution is 2.17. The fourth-order valence-electron chi connectivity index (χ4n) is 2.55. The lowest BCUT2D eigenvalue weighted by Crippen LogP contribution is -2.51. The zero-order valence-corrected chi connectivity index (χ0v) is 13.2. The van der Waals surface area contributed by atoms with Gasteiger partial charge in [-0.3, -0.25) is 4.79 Å². The number of carbonyl (C=O) groups is 1. The van der Waals surface area contributed by atoms with Crippen molar-refractivity contribution in [2.75, 3.05) is 18.9 Å². The number of nitrogens with one attached hydrogen (secondary N) is 1. The third-order valence-corrected chi connectivity index (χ3v) is 5.23. The van der Waals surface area contributed by atoms with Crippen LogP contribution in [0, 0.1) is 0 Å². The second kappa shape index (κ2) is 7.95. The number of aliphatic hydroxyl groups excluding tert-OH is 1. The van der Waals surface area contributed by atoms with Crippen molar-refractivity contribution in [3.05, 3.63) is 0 Å². The van der Waals surface area contributed by atoms with E-state index in [9.17, 15) is 18.3 Å². The van der Waals surface area contributed by atoms with Crippen molar-refractivity contribution < 1.29 is 18.3 Å². The van der Waals surface area contributed by atoms with Gasteiger partial charge in [0.05, 0.1) is 24.4 Å². The van der Waals surface area contributed by atoms with Crippen LogP contribution in [0.5, 0.6) is 0 Å². The van der Waals surface area contributed by atoms with Crippen molar-refractivity contribution in [1.82, 2.24) is 9.62 Å². The lowest BCUT2D eigenvalue weighted by Gasteiger charge is -2.31. The molecule has 1 rings (SSSR count). The molecule has 0 aliphatic carbocycles. The molecule has 0 saturated carbocycles. The highest BCUT2D eigenvalue weighted by atomic mass is 32.2. The van der Waals surface area contributed by atoms with E-state index in [1.165, 1.54) is 0 Å². The number of rotatable bonds is 6. The van der Waals surface area contributed by atoms with E-state index in [-0.39, 0.29) is 24.3 Å². The normalized spacial score (nSPS) is 22.4. The van der Waals surface area contributed by atoms with Crippen LogP contribution in [0.15, 0.2) is 0 Å². The molecule has 118 valence electrons. The van der Waals surface area contributed by atoms with Gasteiger partial charge in [0, 0.05) is 6.54 Å². The molecule has 2 N–H and O–H groups in total. The Morgan fingerprint density at radius 1 is 1.40 bits per heavy atom. The van der Waals surface area contributed by atoms with Crippen LogP contribution in [0.25, 0.3) is 0 Å². The number of hydrogen-bond donors (Lipinski definition) is 2. The smallest absolute Gasteiger partial charge is 0.240 e. The minimum Gasteiger partial charge on any atom is -0.394 e. The molecule has 7 heteroatoms. The molecule has 20 heavy (non-hydrogen) atoms. The maximum atomic E-state index is 12.4. The van der Waals surface area contributed by atoms with Gasteiger partial charge in [-0.2, -0.15) is 0 Å². The van der Waals surface area contributed by atoms with E-state index in [1.807, 2.05) is 0 Å². The first kappa shape index (κ1) is 17.4. The molecule has 1 aliphatic rings. The van der Waals surface area contributed by atoms with Gasteiger partial charge in [0.2, 0.25) is 15.9 Å². The van der Waals surface area contributed by atoms with E-state index in [0.29, 0.717) is 13.0 Å². The van der Waals surface area contributed by atoms with Gasteiger partial charge in [-0.05, 0) is 26.2 Å². The molecule has 2 unspecified atom stereocenters. The minimum atomic E-state index is -3.41. The molecule has 1 saturated heterocycles. The zero-order valence-electron chi connectivity index (χ0n) is 12.3. The molecule has 0 aromatic heterocycles. The Morgan fingerprint density at radius 3 is 2.70 bits per heavy atom. The van der Waals surface area contributed by atoms with Crippen LogP contribution >= 0.6 is 0 Å². The van der Waals surface area contributed by atoms with Crippen molar-refractivity contribution in [1.29, 1.82) is 0 Å². The van der Waals surface area contributed by atoms with Crippen molar-refractivity contribution in [2.45, 2.75) is 58.0 Å². The van der Waals surface area contributed by atoms with E-state index < -0.39 is 16.1 Å². The Kier molecular flexibility index (Phi) is 6.91. The summed E-state index contributed by atoms with van der Waals surface area (Å²) in [5.74, 6) is -0.223. The van der Waals surface area contributed by atoms with Gasteiger partial charge in [0.25, 0.3) is 0 Å². The summed E-state index contributed by atoms with van der Waals surface area (Å²) in [6, 6.07) is -0.971. The van der Waals surface area contributed by atoms with Crippen LogP contribution in [0.3, 0.4) is 0 Å². The van der Waals surface area contributed by atoms with Gasteiger partial charge < -0.3 is 10.0 Å². The molecule has 0 aromatic carbocycles. The summed E-state index contributed by atoms with van der Waals surface area (Å²) in [6.45, 7) is 3.86. The number of sulfonamides is 1. The molecule has 0 radical (unpaired) electrons. The lowest BCUT2D eigenvalue weighted by molar-refractivity contribution is -0.135. The Morgan fingerprint density at radius 2 is 2.10 bits per heavy atom. The van der Waals surface area contributed by atoms with Crippen molar-refractivity contribution >= 4 is 15.9 Å². The standard InChI is InChI=1S/C13H26N2O4S/c1-3-9-20(18,19)14-11(2)13(17)15-8-6-4-5-7-12(15)10-16/h11-12,14,16H,3-10H2,1-2H3. The predicted molar refractivity (Wildman–Crippen MR) is 77.7 cm³/mol. The van der Waals surface area contributed by atoms with Crippen LogP contribution < -0.4 is 4.72 Å². The molecule has 0 spiro atoms. The van der Waals surface area contributed by atoms with Crippen LogP contribution in [0.4, 0.5) is 0 Å². The molecule has 6 nitrogen and oxygen atoms in total.